The largest absolute Gasteiger partial charge is 0.467 e. The van der Waals surface area contributed by atoms with Gasteiger partial charge >= 0.3 is 0 Å². The zero-order valence-corrected chi connectivity index (χ0v) is 17.6. The second-order valence-corrected chi connectivity index (χ2v) is 8.82. The van der Waals surface area contributed by atoms with Crippen molar-refractivity contribution in [2.24, 2.45) is 0 Å². The molecule has 0 radical (unpaired) electrons. The van der Waals surface area contributed by atoms with Crippen molar-refractivity contribution in [2.45, 2.75) is 13.5 Å². The van der Waals surface area contributed by atoms with Gasteiger partial charge in [-0.3, -0.25) is 9.69 Å². The van der Waals surface area contributed by atoms with Crippen LogP contribution in [-0.4, -0.2) is 15.9 Å². The zero-order valence-electron chi connectivity index (χ0n) is 15.3. The van der Waals surface area contributed by atoms with Crippen LogP contribution in [0.5, 0.6) is 0 Å². The van der Waals surface area contributed by atoms with E-state index in [0.717, 1.165) is 26.0 Å². The summed E-state index contributed by atoms with van der Waals surface area (Å²) in [5, 5.41) is 1.27. The number of carbonyl (C=O) groups excluding carboxylic acids is 1. The summed E-state index contributed by atoms with van der Waals surface area (Å²) in [4.78, 5) is 24.2. The average molecular weight is 440 g/mol. The molecule has 0 N–H and O–H groups in total. The van der Waals surface area contributed by atoms with E-state index in [1.54, 1.807) is 22.7 Å². The number of hydrogen-bond donors (Lipinski definition) is 0. The maximum absolute atomic E-state index is 13.5. The summed E-state index contributed by atoms with van der Waals surface area (Å²) >= 11 is 9.23. The van der Waals surface area contributed by atoms with Gasteiger partial charge in [-0.05, 0) is 55.0 Å². The lowest BCUT2D eigenvalue weighted by Gasteiger charge is -2.18. The highest BCUT2D eigenvalue weighted by atomic mass is 35.5. The summed E-state index contributed by atoms with van der Waals surface area (Å²) in [5.41, 5.74) is 4.96. The molecule has 5 rings (SSSR count). The van der Waals surface area contributed by atoms with E-state index in [4.69, 9.17) is 21.0 Å². The Labute approximate surface area is 179 Å². The fourth-order valence-corrected chi connectivity index (χ4v) is 5.02. The number of halogens is 1. The Bertz CT molecular complexity index is 1340. The highest BCUT2D eigenvalue weighted by molar-refractivity contribution is 7.22. The first-order valence-corrected chi connectivity index (χ1v) is 10.9. The summed E-state index contributed by atoms with van der Waals surface area (Å²) in [6.45, 7) is 2.23. The number of hydrogen-bond acceptors (Lipinski definition) is 6. The van der Waals surface area contributed by atoms with Gasteiger partial charge in [0.25, 0.3) is 5.91 Å². The standard InChI is InChI=1S/C21H14ClN3O2S2/c1-12-15(22)5-7-17-19(12)24-21(29-17)25(10-14-3-2-8-27-14)20(26)13-4-6-16-18(9-13)28-11-23-16/h2-9,11H,10H2,1H3. The molecular formula is C21H14ClN3O2S2. The second-order valence-electron chi connectivity index (χ2n) is 6.52. The molecular weight excluding hydrogens is 426 g/mol. The number of fused-ring (bicyclic) bond motifs is 2. The molecule has 0 aliphatic heterocycles. The van der Waals surface area contributed by atoms with Gasteiger partial charge in [0.05, 0.1) is 38.8 Å². The summed E-state index contributed by atoms with van der Waals surface area (Å²) in [6.07, 6.45) is 1.60. The number of carbonyl (C=O) groups is 1. The van der Waals surface area contributed by atoms with Crippen molar-refractivity contribution in [3.63, 3.8) is 0 Å². The third-order valence-corrected chi connectivity index (χ3v) is 6.93. The lowest BCUT2D eigenvalue weighted by Crippen LogP contribution is -2.30. The third kappa shape index (κ3) is 3.31. The first kappa shape index (κ1) is 18.3. The van der Waals surface area contributed by atoms with E-state index in [2.05, 4.69) is 4.98 Å². The van der Waals surface area contributed by atoms with Crippen LogP contribution in [0, 0.1) is 6.92 Å². The molecule has 0 atom stereocenters. The van der Waals surface area contributed by atoms with Crippen LogP contribution in [0.1, 0.15) is 21.7 Å². The molecule has 5 aromatic rings. The molecule has 0 unspecified atom stereocenters. The molecule has 0 saturated heterocycles. The summed E-state index contributed by atoms with van der Waals surface area (Å²) in [6, 6.07) is 13.0. The minimum Gasteiger partial charge on any atom is -0.467 e. The molecule has 29 heavy (non-hydrogen) atoms. The zero-order chi connectivity index (χ0) is 20.0. The number of anilines is 1. The molecule has 3 aromatic heterocycles. The Morgan fingerprint density at radius 1 is 1.21 bits per heavy atom. The van der Waals surface area contributed by atoms with Gasteiger partial charge in [-0.25, -0.2) is 9.97 Å². The van der Waals surface area contributed by atoms with Crippen molar-refractivity contribution >= 4 is 65.7 Å². The second kappa shape index (κ2) is 7.26. The first-order valence-electron chi connectivity index (χ1n) is 8.83. The van der Waals surface area contributed by atoms with E-state index in [9.17, 15) is 4.79 Å². The molecule has 8 heteroatoms. The van der Waals surface area contributed by atoms with Crippen molar-refractivity contribution in [1.82, 2.24) is 9.97 Å². The number of thiazole rings is 2. The van der Waals surface area contributed by atoms with Gasteiger partial charge < -0.3 is 4.42 Å². The van der Waals surface area contributed by atoms with Gasteiger partial charge in [0.1, 0.15) is 5.76 Å². The van der Waals surface area contributed by atoms with Crippen LogP contribution in [-0.2, 0) is 6.54 Å². The molecule has 0 aliphatic carbocycles. The van der Waals surface area contributed by atoms with Gasteiger partial charge in [-0.1, -0.05) is 22.9 Å². The number of rotatable bonds is 4. The maximum Gasteiger partial charge on any atom is 0.260 e. The molecule has 5 nitrogen and oxygen atoms in total. The van der Waals surface area contributed by atoms with Crippen molar-refractivity contribution in [2.75, 3.05) is 4.90 Å². The molecule has 0 fully saturated rings. The quantitative estimate of drug-likeness (QED) is 0.329. The number of amides is 1. The van der Waals surface area contributed by atoms with Crippen molar-refractivity contribution in [1.29, 1.82) is 0 Å². The number of furan rings is 1. The lowest BCUT2D eigenvalue weighted by atomic mass is 10.2. The molecule has 1 amide bonds. The minimum atomic E-state index is -0.139. The smallest absolute Gasteiger partial charge is 0.260 e. The van der Waals surface area contributed by atoms with Crippen LogP contribution in [0.25, 0.3) is 20.4 Å². The van der Waals surface area contributed by atoms with Gasteiger partial charge in [0.15, 0.2) is 5.13 Å². The minimum absolute atomic E-state index is 0.139. The Hall–Kier alpha value is -2.74. The first-order chi connectivity index (χ1) is 14.1. The molecule has 0 aliphatic rings. The predicted octanol–water partition coefficient (Wildman–Crippen LogP) is 6.31. The van der Waals surface area contributed by atoms with Crippen LogP contribution >= 0.6 is 34.3 Å². The highest BCUT2D eigenvalue weighted by Crippen LogP contribution is 2.35. The third-order valence-electron chi connectivity index (χ3n) is 4.68. The van der Waals surface area contributed by atoms with Gasteiger partial charge in [-0.2, -0.15) is 0 Å². The Kier molecular flexibility index (Phi) is 4.58. The lowest BCUT2D eigenvalue weighted by molar-refractivity contribution is 0.0983. The number of benzene rings is 2. The average Bonchev–Trinajstić information content (AvgIpc) is 3.48. The van der Waals surface area contributed by atoms with E-state index in [1.807, 2.05) is 43.3 Å². The van der Waals surface area contributed by atoms with E-state index < -0.39 is 0 Å². The molecule has 144 valence electrons. The molecule has 2 aromatic carbocycles. The predicted molar refractivity (Wildman–Crippen MR) is 118 cm³/mol. The van der Waals surface area contributed by atoms with E-state index >= 15 is 0 Å². The SMILES string of the molecule is Cc1c(Cl)ccc2sc(N(Cc3ccco3)C(=O)c3ccc4ncsc4c3)nc12. The molecule has 3 heterocycles. The van der Waals surface area contributed by atoms with E-state index in [-0.39, 0.29) is 5.91 Å². The van der Waals surface area contributed by atoms with Crippen molar-refractivity contribution in [3.05, 3.63) is 76.1 Å². The Balaban J connectivity index is 1.61. The summed E-state index contributed by atoms with van der Waals surface area (Å²) in [7, 11) is 0. The Morgan fingerprint density at radius 2 is 2.10 bits per heavy atom. The van der Waals surface area contributed by atoms with Crippen LogP contribution in [0.15, 0.2) is 58.7 Å². The Morgan fingerprint density at radius 3 is 2.93 bits per heavy atom. The van der Waals surface area contributed by atoms with Gasteiger partial charge in [0, 0.05) is 10.6 Å². The fourth-order valence-electron chi connectivity index (χ4n) is 3.13. The van der Waals surface area contributed by atoms with E-state index in [0.29, 0.717) is 28.0 Å². The summed E-state index contributed by atoms with van der Waals surface area (Å²) < 4.78 is 7.46. The van der Waals surface area contributed by atoms with Gasteiger partial charge in [-0.15, -0.1) is 11.3 Å². The topological polar surface area (TPSA) is 59.2 Å². The van der Waals surface area contributed by atoms with Crippen molar-refractivity contribution < 1.29 is 9.21 Å². The number of nitrogens with zero attached hydrogens (tertiary/aromatic N) is 3. The van der Waals surface area contributed by atoms with Gasteiger partial charge in [0.2, 0.25) is 0 Å². The maximum atomic E-state index is 13.5. The molecule has 0 saturated carbocycles. The molecule has 0 bridgehead atoms. The van der Waals surface area contributed by atoms with Crippen LogP contribution < -0.4 is 4.90 Å². The summed E-state index contributed by atoms with van der Waals surface area (Å²) in [5.74, 6) is 0.547. The monoisotopic (exact) mass is 439 g/mol. The highest BCUT2D eigenvalue weighted by Gasteiger charge is 2.24. The van der Waals surface area contributed by atoms with E-state index in [1.165, 1.54) is 22.7 Å². The van der Waals surface area contributed by atoms with Crippen LogP contribution in [0.2, 0.25) is 5.02 Å². The fraction of sp³-hybridized carbons (Fsp3) is 0.0952. The van der Waals surface area contributed by atoms with Crippen molar-refractivity contribution in [3.8, 4) is 0 Å². The van der Waals surface area contributed by atoms with Crippen LogP contribution in [0.3, 0.4) is 0 Å². The van der Waals surface area contributed by atoms with Crippen LogP contribution in [0.4, 0.5) is 5.13 Å². The normalized spacial score (nSPS) is 11.4. The number of aryl methyl sites for hydroxylation is 1. The number of aromatic nitrogens is 2. The molecule has 0 spiro atoms.